The smallest absolute Gasteiger partial charge is 0.309 e. The molecule has 0 spiro atoms. The summed E-state index contributed by atoms with van der Waals surface area (Å²) >= 11 is 1.44. The Morgan fingerprint density at radius 1 is 1.69 bits per heavy atom. The van der Waals surface area contributed by atoms with Crippen LogP contribution in [-0.2, 0) is 9.53 Å². The fraction of sp³-hybridized carbons (Fsp3) is 0.364. The van der Waals surface area contributed by atoms with Crippen molar-refractivity contribution in [3.8, 4) is 6.07 Å². The van der Waals surface area contributed by atoms with Crippen molar-refractivity contribution in [2.75, 3.05) is 12.9 Å². The number of aromatic nitrogens is 1. The van der Waals surface area contributed by atoms with Gasteiger partial charge < -0.3 is 4.74 Å². The number of hydrogen-bond acceptors (Lipinski definition) is 5. The second kappa shape index (κ2) is 6.13. The highest BCUT2D eigenvalue weighted by Crippen LogP contribution is 2.19. The Kier molecular flexibility index (Phi) is 4.80. The highest BCUT2D eigenvalue weighted by molar-refractivity contribution is 7.99. The van der Waals surface area contributed by atoms with Crippen LogP contribution in [-0.4, -0.2) is 23.8 Å². The van der Waals surface area contributed by atoms with Gasteiger partial charge in [-0.3, -0.25) is 4.79 Å². The molecule has 0 aliphatic carbocycles. The fourth-order valence-corrected chi connectivity index (χ4v) is 1.93. The van der Waals surface area contributed by atoms with Crippen molar-refractivity contribution in [1.29, 1.82) is 5.26 Å². The molecule has 16 heavy (non-hydrogen) atoms. The Hall–Kier alpha value is -1.54. The van der Waals surface area contributed by atoms with E-state index >= 15 is 0 Å². The molecule has 1 unspecified atom stereocenters. The number of ether oxygens (including phenoxy) is 1. The molecule has 0 bridgehead atoms. The third-order valence-corrected chi connectivity index (χ3v) is 3.11. The van der Waals surface area contributed by atoms with Gasteiger partial charge in [0.2, 0.25) is 0 Å². The molecule has 0 radical (unpaired) electrons. The number of nitrogens with zero attached hydrogens (tertiary/aromatic N) is 2. The molecule has 0 amide bonds. The number of esters is 1. The van der Waals surface area contributed by atoms with Gasteiger partial charge in [0.1, 0.15) is 11.8 Å². The van der Waals surface area contributed by atoms with Gasteiger partial charge in [0.05, 0.1) is 18.1 Å². The summed E-state index contributed by atoms with van der Waals surface area (Å²) in [6, 6.07) is 7.21. The van der Waals surface area contributed by atoms with Crippen molar-refractivity contribution < 1.29 is 9.53 Å². The summed E-state index contributed by atoms with van der Waals surface area (Å²) in [7, 11) is 1.37. The van der Waals surface area contributed by atoms with Crippen LogP contribution in [0.4, 0.5) is 0 Å². The highest BCUT2D eigenvalue weighted by Gasteiger charge is 2.13. The van der Waals surface area contributed by atoms with E-state index in [0.29, 0.717) is 11.4 Å². The topological polar surface area (TPSA) is 63.0 Å². The minimum atomic E-state index is -0.232. The number of pyridine rings is 1. The van der Waals surface area contributed by atoms with E-state index in [2.05, 4.69) is 9.72 Å². The van der Waals surface area contributed by atoms with Gasteiger partial charge in [-0.15, -0.1) is 11.8 Å². The Morgan fingerprint density at radius 3 is 3.06 bits per heavy atom. The molecule has 0 fully saturated rings. The SMILES string of the molecule is COC(=O)C(C)CSc1cccc(C#N)n1. The summed E-state index contributed by atoms with van der Waals surface area (Å²) in [5, 5.41) is 9.42. The number of thioether (sulfide) groups is 1. The Balaban J connectivity index is 2.55. The van der Waals surface area contributed by atoms with Gasteiger partial charge in [-0.2, -0.15) is 5.26 Å². The Labute approximate surface area is 98.6 Å². The van der Waals surface area contributed by atoms with Gasteiger partial charge in [-0.25, -0.2) is 4.98 Å². The predicted molar refractivity (Wildman–Crippen MR) is 60.9 cm³/mol. The average molecular weight is 236 g/mol. The van der Waals surface area contributed by atoms with E-state index in [0.717, 1.165) is 5.03 Å². The third kappa shape index (κ3) is 3.55. The lowest BCUT2D eigenvalue weighted by molar-refractivity contribution is -0.143. The van der Waals surface area contributed by atoms with Crippen LogP contribution in [0.25, 0.3) is 0 Å². The van der Waals surface area contributed by atoms with Crippen LogP contribution in [0, 0.1) is 17.2 Å². The van der Waals surface area contributed by atoms with Crippen molar-refractivity contribution in [3.05, 3.63) is 23.9 Å². The van der Waals surface area contributed by atoms with Crippen LogP contribution in [0.2, 0.25) is 0 Å². The highest BCUT2D eigenvalue weighted by atomic mass is 32.2. The van der Waals surface area contributed by atoms with Crippen molar-refractivity contribution in [1.82, 2.24) is 4.98 Å². The van der Waals surface area contributed by atoms with E-state index in [1.54, 1.807) is 19.1 Å². The predicted octanol–water partition coefficient (Wildman–Crippen LogP) is 1.85. The standard InChI is InChI=1S/C11H12N2O2S/c1-8(11(14)15-2)7-16-10-5-3-4-9(6-12)13-10/h3-5,8H,7H2,1-2H3. The van der Waals surface area contributed by atoms with Gasteiger partial charge in [0.25, 0.3) is 0 Å². The maximum absolute atomic E-state index is 11.1. The zero-order chi connectivity index (χ0) is 12.0. The van der Waals surface area contributed by atoms with Crippen LogP contribution < -0.4 is 0 Å². The van der Waals surface area contributed by atoms with Crippen LogP contribution in [0.5, 0.6) is 0 Å². The first kappa shape index (κ1) is 12.5. The molecule has 0 saturated heterocycles. The van der Waals surface area contributed by atoms with Gasteiger partial charge in [0.15, 0.2) is 0 Å². The molecule has 84 valence electrons. The van der Waals surface area contributed by atoms with E-state index in [9.17, 15) is 4.79 Å². The van der Waals surface area contributed by atoms with E-state index in [1.807, 2.05) is 12.1 Å². The summed E-state index contributed by atoms with van der Waals surface area (Å²) < 4.78 is 4.62. The first-order valence-corrected chi connectivity index (χ1v) is 5.73. The molecule has 1 rings (SSSR count). The maximum atomic E-state index is 11.1. The molecular formula is C11H12N2O2S. The van der Waals surface area contributed by atoms with Crippen LogP contribution in [0.3, 0.4) is 0 Å². The maximum Gasteiger partial charge on any atom is 0.309 e. The molecule has 5 heteroatoms. The minimum Gasteiger partial charge on any atom is -0.469 e. The quantitative estimate of drug-likeness (QED) is 0.589. The first-order valence-electron chi connectivity index (χ1n) is 4.75. The molecule has 1 heterocycles. The molecule has 0 saturated carbocycles. The first-order chi connectivity index (χ1) is 7.67. The fourth-order valence-electron chi connectivity index (χ4n) is 1.04. The lowest BCUT2D eigenvalue weighted by Crippen LogP contribution is -2.14. The van der Waals surface area contributed by atoms with Crippen LogP contribution in [0.15, 0.2) is 23.2 Å². The van der Waals surface area contributed by atoms with Gasteiger partial charge in [-0.05, 0) is 12.1 Å². The Morgan fingerprint density at radius 2 is 2.44 bits per heavy atom. The zero-order valence-corrected chi connectivity index (χ0v) is 9.95. The van der Waals surface area contributed by atoms with Gasteiger partial charge >= 0.3 is 5.97 Å². The van der Waals surface area contributed by atoms with E-state index in [1.165, 1.54) is 18.9 Å². The second-order valence-corrected chi connectivity index (χ2v) is 4.25. The molecular weight excluding hydrogens is 224 g/mol. The largest absolute Gasteiger partial charge is 0.469 e. The lowest BCUT2D eigenvalue weighted by atomic mass is 10.2. The minimum absolute atomic E-state index is 0.178. The van der Waals surface area contributed by atoms with E-state index in [-0.39, 0.29) is 11.9 Å². The van der Waals surface area contributed by atoms with Crippen LogP contribution in [0.1, 0.15) is 12.6 Å². The molecule has 0 aliphatic rings. The lowest BCUT2D eigenvalue weighted by Gasteiger charge is -2.07. The number of nitriles is 1. The van der Waals surface area contributed by atoms with Gasteiger partial charge in [0, 0.05) is 5.75 Å². The zero-order valence-electron chi connectivity index (χ0n) is 9.14. The molecule has 0 N–H and O–H groups in total. The summed E-state index contributed by atoms with van der Waals surface area (Å²) in [6.45, 7) is 1.80. The third-order valence-electron chi connectivity index (χ3n) is 1.92. The molecule has 1 atom stereocenters. The molecule has 0 aliphatic heterocycles. The molecule has 1 aromatic rings. The van der Waals surface area contributed by atoms with Crippen molar-refractivity contribution in [3.63, 3.8) is 0 Å². The normalized spacial score (nSPS) is 11.6. The molecule has 4 nitrogen and oxygen atoms in total. The Bertz CT molecular complexity index is 415. The van der Waals surface area contributed by atoms with Crippen molar-refractivity contribution in [2.24, 2.45) is 5.92 Å². The monoisotopic (exact) mass is 236 g/mol. The number of hydrogen-bond donors (Lipinski definition) is 0. The molecule has 0 aromatic carbocycles. The average Bonchev–Trinajstić information content (AvgIpc) is 2.35. The summed E-state index contributed by atoms with van der Waals surface area (Å²) in [5.41, 5.74) is 0.385. The summed E-state index contributed by atoms with van der Waals surface area (Å²) in [4.78, 5) is 15.2. The summed E-state index contributed by atoms with van der Waals surface area (Å²) in [5.74, 6) is 0.181. The summed E-state index contributed by atoms with van der Waals surface area (Å²) in [6.07, 6.45) is 0. The van der Waals surface area contributed by atoms with Crippen molar-refractivity contribution in [2.45, 2.75) is 11.9 Å². The number of methoxy groups -OCH3 is 1. The van der Waals surface area contributed by atoms with Gasteiger partial charge in [-0.1, -0.05) is 13.0 Å². The number of carbonyl (C=O) groups excluding carboxylic acids is 1. The number of carbonyl (C=O) groups is 1. The van der Waals surface area contributed by atoms with Crippen molar-refractivity contribution >= 4 is 17.7 Å². The van der Waals surface area contributed by atoms with E-state index < -0.39 is 0 Å². The molecule has 1 aromatic heterocycles. The second-order valence-electron chi connectivity index (χ2n) is 3.21. The van der Waals surface area contributed by atoms with E-state index in [4.69, 9.17) is 5.26 Å². The number of rotatable bonds is 4. The van der Waals surface area contributed by atoms with Crippen LogP contribution >= 0.6 is 11.8 Å².